The largest absolute Gasteiger partial charge is 0.302 e. The van der Waals surface area contributed by atoms with E-state index < -0.39 is 0 Å². The van der Waals surface area contributed by atoms with E-state index in [1.54, 1.807) is 26.9 Å². The molecule has 7 nitrogen and oxygen atoms in total. The Bertz CT molecular complexity index is 1190. The van der Waals surface area contributed by atoms with Gasteiger partial charge < -0.3 is 5.32 Å². The number of nitrogens with zero attached hydrogens (tertiary/aromatic N) is 4. The van der Waals surface area contributed by atoms with Gasteiger partial charge in [0.05, 0.1) is 11.4 Å². The van der Waals surface area contributed by atoms with Gasteiger partial charge in [0, 0.05) is 36.0 Å². The maximum absolute atomic E-state index is 12.8. The van der Waals surface area contributed by atoms with Crippen LogP contribution in [-0.4, -0.2) is 25.2 Å². The van der Waals surface area contributed by atoms with Gasteiger partial charge in [-0.3, -0.25) is 14.2 Å². The van der Waals surface area contributed by atoms with E-state index in [2.05, 4.69) is 15.4 Å². The standard InChI is InChI=1S/C20H19N5O2S/c1-13-12-17(27)24(10-8-16(26)22-20-21-9-11-28-20)19-18(13)14(2)23-25(19)15-6-4-3-5-7-15/h3-7,9,11-12H,8,10H2,1-2H3,(H,21,22,26). The molecular formula is C20H19N5O2S. The van der Waals surface area contributed by atoms with Gasteiger partial charge in [-0.25, -0.2) is 9.67 Å². The van der Waals surface area contributed by atoms with Crippen molar-refractivity contribution in [2.45, 2.75) is 26.8 Å². The molecule has 3 aromatic heterocycles. The molecule has 3 heterocycles. The van der Waals surface area contributed by atoms with Crippen LogP contribution in [-0.2, 0) is 11.3 Å². The van der Waals surface area contributed by atoms with Gasteiger partial charge in [-0.1, -0.05) is 18.2 Å². The average Bonchev–Trinajstić information content (AvgIpc) is 3.30. The summed E-state index contributed by atoms with van der Waals surface area (Å²) in [6.07, 6.45) is 1.80. The first-order valence-corrected chi connectivity index (χ1v) is 9.77. The van der Waals surface area contributed by atoms with E-state index in [-0.39, 0.29) is 24.4 Å². The Morgan fingerprint density at radius 1 is 1.21 bits per heavy atom. The lowest BCUT2D eigenvalue weighted by atomic mass is 10.1. The molecular weight excluding hydrogens is 374 g/mol. The Kier molecular flexibility index (Phi) is 4.79. The first-order chi connectivity index (χ1) is 13.5. The minimum absolute atomic E-state index is 0.149. The lowest BCUT2D eigenvalue weighted by Crippen LogP contribution is -2.25. The third-order valence-corrected chi connectivity index (χ3v) is 5.22. The normalized spacial score (nSPS) is 11.1. The number of rotatable bonds is 5. The monoisotopic (exact) mass is 393 g/mol. The summed E-state index contributed by atoms with van der Waals surface area (Å²) in [5, 5.41) is 10.7. The predicted octanol–water partition coefficient (Wildman–Crippen LogP) is 3.29. The molecule has 8 heteroatoms. The summed E-state index contributed by atoms with van der Waals surface area (Å²) >= 11 is 1.36. The number of pyridine rings is 1. The molecule has 142 valence electrons. The van der Waals surface area contributed by atoms with Crippen LogP contribution in [0.15, 0.2) is 52.8 Å². The summed E-state index contributed by atoms with van der Waals surface area (Å²) in [7, 11) is 0. The zero-order valence-electron chi connectivity index (χ0n) is 15.5. The minimum Gasteiger partial charge on any atom is -0.302 e. The lowest BCUT2D eigenvalue weighted by molar-refractivity contribution is -0.116. The zero-order valence-corrected chi connectivity index (χ0v) is 16.4. The number of carbonyl (C=O) groups excluding carboxylic acids is 1. The fourth-order valence-corrected chi connectivity index (χ4v) is 3.86. The van der Waals surface area contributed by atoms with Crippen molar-refractivity contribution < 1.29 is 4.79 Å². The van der Waals surface area contributed by atoms with E-state index in [1.807, 2.05) is 44.2 Å². The molecule has 0 unspecified atom stereocenters. The number of aromatic nitrogens is 4. The van der Waals surface area contributed by atoms with Crippen molar-refractivity contribution in [1.29, 1.82) is 0 Å². The molecule has 0 atom stereocenters. The maximum Gasteiger partial charge on any atom is 0.252 e. The van der Waals surface area contributed by atoms with Gasteiger partial charge in [0.1, 0.15) is 5.65 Å². The number of benzene rings is 1. The predicted molar refractivity (Wildman–Crippen MR) is 110 cm³/mol. The first-order valence-electron chi connectivity index (χ1n) is 8.89. The summed E-state index contributed by atoms with van der Waals surface area (Å²) in [5.74, 6) is -0.182. The Morgan fingerprint density at radius 3 is 2.71 bits per heavy atom. The third kappa shape index (κ3) is 3.34. The van der Waals surface area contributed by atoms with E-state index in [0.717, 1.165) is 22.3 Å². The van der Waals surface area contributed by atoms with Crippen molar-refractivity contribution in [3.8, 4) is 5.69 Å². The van der Waals surface area contributed by atoms with E-state index in [0.29, 0.717) is 10.8 Å². The minimum atomic E-state index is -0.182. The number of aryl methyl sites for hydroxylation is 3. The fraction of sp³-hybridized carbons (Fsp3) is 0.200. The van der Waals surface area contributed by atoms with Crippen LogP contribution in [0.25, 0.3) is 16.7 Å². The number of nitrogens with one attached hydrogen (secondary N) is 1. The smallest absolute Gasteiger partial charge is 0.252 e. The highest BCUT2D eigenvalue weighted by molar-refractivity contribution is 7.13. The van der Waals surface area contributed by atoms with Crippen LogP contribution < -0.4 is 10.9 Å². The Labute approximate surface area is 165 Å². The van der Waals surface area contributed by atoms with Crippen molar-refractivity contribution in [3.63, 3.8) is 0 Å². The number of hydrogen-bond donors (Lipinski definition) is 1. The van der Waals surface area contributed by atoms with Crippen LogP contribution in [0.4, 0.5) is 5.13 Å². The Morgan fingerprint density at radius 2 is 2.00 bits per heavy atom. The molecule has 4 rings (SSSR count). The molecule has 0 radical (unpaired) electrons. The Balaban J connectivity index is 1.75. The second-order valence-corrected chi connectivity index (χ2v) is 7.38. The van der Waals surface area contributed by atoms with Gasteiger partial charge in [-0.2, -0.15) is 5.10 Å². The number of amides is 1. The second kappa shape index (κ2) is 7.40. The molecule has 0 fully saturated rings. The highest BCUT2D eigenvalue weighted by Gasteiger charge is 2.17. The molecule has 0 aliphatic heterocycles. The van der Waals surface area contributed by atoms with E-state index in [9.17, 15) is 9.59 Å². The van der Waals surface area contributed by atoms with E-state index >= 15 is 0 Å². The SMILES string of the molecule is Cc1cc(=O)n(CCC(=O)Nc2nccs2)c2c1c(C)nn2-c1ccccc1. The molecule has 0 saturated carbocycles. The van der Waals surface area contributed by atoms with Crippen LogP contribution >= 0.6 is 11.3 Å². The second-order valence-electron chi connectivity index (χ2n) is 6.48. The number of fused-ring (bicyclic) bond motifs is 1. The molecule has 1 N–H and O–H groups in total. The summed E-state index contributed by atoms with van der Waals surface area (Å²) in [4.78, 5) is 29.1. The van der Waals surface area contributed by atoms with Crippen LogP contribution in [0.5, 0.6) is 0 Å². The van der Waals surface area contributed by atoms with Crippen molar-refractivity contribution >= 4 is 33.4 Å². The molecule has 1 amide bonds. The average molecular weight is 393 g/mol. The van der Waals surface area contributed by atoms with E-state index in [4.69, 9.17) is 0 Å². The topological polar surface area (TPSA) is 81.8 Å². The molecule has 0 aliphatic carbocycles. The molecule has 0 spiro atoms. The van der Waals surface area contributed by atoms with Gasteiger partial charge in [0.2, 0.25) is 5.91 Å². The third-order valence-electron chi connectivity index (χ3n) is 4.53. The van der Waals surface area contributed by atoms with Crippen LogP contribution in [0, 0.1) is 13.8 Å². The lowest BCUT2D eigenvalue weighted by Gasteiger charge is -2.12. The molecule has 0 aliphatic rings. The molecule has 0 saturated heterocycles. The van der Waals surface area contributed by atoms with Crippen molar-refractivity contribution in [2.24, 2.45) is 0 Å². The van der Waals surface area contributed by atoms with Crippen molar-refractivity contribution in [1.82, 2.24) is 19.3 Å². The van der Waals surface area contributed by atoms with Gasteiger partial charge in [-0.05, 0) is 31.5 Å². The van der Waals surface area contributed by atoms with Crippen LogP contribution in [0.2, 0.25) is 0 Å². The number of thiazole rings is 1. The number of para-hydroxylation sites is 1. The summed E-state index contributed by atoms with van der Waals surface area (Å²) in [6.45, 7) is 4.09. The highest BCUT2D eigenvalue weighted by Crippen LogP contribution is 2.24. The highest BCUT2D eigenvalue weighted by atomic mass is 32.1. The van der Waals surface area contributed by atoms with Gasteiger partial charge in [-0.15, -0.1) is 11.3 Å². The Hall–Kier alpha value is -3.26. The summed E-state index contributed by atoms with van der Waals surface area (Å²) in [6, 6.07) is 11.3. The zero-order chi connectivity index (χ0) is 19.7. The molecule has 0 bridgehead atoms. The summed E-state index contributed by atoms with van der Waals surface area (Å²) < 4.78 is 3.40. The van der Waals surface area contributed by atoms with E-state index in [1.165, 1.54) is 11.3 Å². The van der Waals surface area contributed by atoms with Crippen molar-refractivity contribution in [3.05, 3.63) is 69.6 Å². The van der Waals surface area contributed by atoms with Crippen LogP contribution in [0.3, 0.4) is 0 Å². The quantitative estimate of drug-likeness (QED) is 0.564. The number of hydrogen-bond acceptors (Lipinski definition) is 5. The molecule has 1 aromatic carbocycles. The number of carbonyl (C=O) groups is 1. The van der Waals surface area contributed by atoms with Gasteiger partial charge >= 0.3 is 0 Å². The maximum atomic E-state index is 12.8. The van der Waals surface area contributed by atoms with Crippen molar-refractivity contribution in [2.75, 3.05) is 5.32 Å². The van der Waals surface area contributed by atoms with Gasteiger partial charge in [0.15, 0.2) is 5.13 Å². The summed E-state index contributed by atoms with van der Waals surface area (Å²) in [5.41, 5.74) is 3.15. The fourth-order valence-electron chi connectivity index (χ4n) is 3.31. The van der Waals surface area contributed by atoms with Crippen LogP contribution in [0.1, 0.15) is 17.7 Å². The molecule has 4 aromatic rings. The van der Waals surface area contributed by atoms with Gasteiger partial charge in [0.25, 0.3) is 5.56 Å². The first kappa shape index (κ1) is 18.1. The molecule has 28 heavy (non-hydrogen) atoms. The number of anilines is 1.